The van der Waals surface area contributed by atoms with E-state index in [4.69, 9.17) is 0 Å². The van der Waals surface area contributed by atoms with Gasteiger partial charge in [-0.1, -0.05) is 0 Å². The Morgan fingerprint density at radius 3 is 1.16 bits per heavy atom. The Bertz CT molecular complexity index is 750. The summed E-state index contributed by atoms with van der Waals surface area (Å²) in [5.74, 6) is -13.6. The first-order valence-electron chi connectivity index (χ1n) is 6.12. The highest BCUT2D eigenvalue weighted by Gasteiger charge is 2.50. The third-order valence-corrected chi connectivity index (χ3v) is 2.95. The second-order valence-corrected chi connectivity index (χ2v) is 4.58. The second kappa shape index (κ2) is 6.21. The second-order valence-electron chi connectivity index (χ2n) is 4.58. The Morgan fingerprint density at radius 1 is 0.520 bits per heavy atom. The number of hydrogen-bond donors (Lipinski definition) is 0. The van der Waals surface area contributed by atoms with Crippen LogP contribution in [0.5, 0.6) is 0 Å². The van der Waals surface area contributed by atoms with Crippen molar-refractivity contribution in [2.24, 2.45) is 0 Å². The van der Waals surface area contributed by atoms with Crippen LogP contribution >= 0.6 is 0 Å². The van der Waals surface area contributed by atoms with Crippen molar-refractivity contribution >= 4 is 0 Å². The summed E-state index contributed by atoms with van der Waals surface area (Å²) in [4.78, 5) is 0. The average Bonchev–Trinajstić information content (AvgIpc) is 2.48. The van der Waals surface area contributed by atoms with Crippen LogP contribution < -0.4 is 0 Å². The molecular weight excluding hydrogens is 374 g/mol. The van der Waals surface area contributed by atoms with Crippen LogP contribution in [0.3, 0.4) is 0 Å². The van der Waals surface area contributed by atoms with Crippen molar-refractivity contribution < 1.29 is 48.6 Å². The number of hydrogen-bond acceptors (Lipinski definition) is 1. The Hall–Kier alpha value is -2.30. The lowest BCUT2D eigenvalue weighted by Crippen LogP contribution is -2.31. The molecule has 2 rings (SSSR count). The first-order chi connectivity index (χ1) is 11.4. The molecule has 0 heterocycles. The summed E-state index contributed by atoms with van der Waals surface area (Å²) in [7, 11) is 0. The maximum atomic E-state index is 13.7. The number of rotatable bonds is 4. The van der Waals surface area contributed by atoms with E-state index < -0.39 is 58.2 Å². The SMILES string of the molecule is Fc1ccc(C(F)(F)OC(F)(F)c2ccc(F)c(F)c2F)c(F)c1F. The molecule has 0 aliphatic carbocycles. The highest BCUT2D eigenvalue weighted by Crippen LogP contribution is 2.43. The van der Waals surface area contributed by atoms with E-state index in [0.717, 1.165) is 0 Å². The minimum atomic E-state index is -5.28. The summed E-state index contributed by atoms with van der Waals surface area (Å²) in [6.45, 7) is 0. The third-order valence-electron chi connectivity index (χ3n) is 2.95. The van der Waals surface area contributed by atoms with E-state index in [9.17, 15) is 43.9 Å². The zero-order valence-electron chi connectivity index (χ0n) is 11.5. The first-order valence-corrected chi connectivity index (χ1v) is 6.12. The Balaban J connectivity index is 2.46. The molecule has 0 atom stereocenters. The molecular formula is C14H4F10O. The summed E-state index contributed by atoms with van der Waals surface area (Å²) in [5.41, 5.74) is -4.23. The van der Waals surface area contributed by atoms with Crippen molar-refractivity contribution in [1.82, 2.24) is 0 Å². The van der Waals surface area contributed by atoms with Crippen molar-refractivity contribution in [3.63, 3.8) is 0 Å². The van der Waals surface area contributed by atoms with Gasteiger partial charge in [0.1, 0.15) is 0 Å². The number of halogens is 10. The molecule has 0 unspecified atom stereocenters. The fraction of sp³-hybridized carbons (Fsp3) is 0.143. The summed E-state index contributed by atoms with van der Waals surface area (Å²) in [6, 6.07) is -0.126. The zero-order valence-corrected chi connectivity index (χ0v) is 11.5. The van der Waals surface area contributed by atoms with Gasteiger partial charge >= 0.3 is 12.2 Å². The van der Waals surface area contributed by atoms with Gasteiger partial charge in [0.25, 0.3) is 0 Å². The first kappa shape index (κ1) is 19.0. The van der Waals surface area contributed by atoms with Crippen LogP contribution in [-0.4, -0.2) is 0 Å². The van der Waals surface area contributed by atoms with Gasteiger partial charge in [0.05, 0.1) is 11.1 Å². The van der Waals surface area contributed by atoms with E-state index in [1.165, 1.54) is 0 Å². The van der Waals surface area contributed by atoms with E-state index in [2.05, 4.69) is 4.74 Å². The van der Waals surface area contributed by atoms with Crippen molar-refractivity contribution in [3.05, 3.63) is 70.3 Å². The monoisotopic (exact) mass is 378 g/mol. The lowest BCUT2D eigenvalue weighted by Gasteiger charge is -2.24. The predicted octanol–water partition coefficient (Wildman–Crippen LogP) is 5.34. The van der Waals surface area contributed by atoms with Gasteiger partial charge < -0.3 is 0 Å². The lowest BCUT2D eigenvalue weighted by atomic mass is 10.1. The smallest absolute Gasteiger partial charge is 0.247 e. The van der Waals surface area contributed by atoms with Gasteiger partial charge in [0, 0.05) is 0 Å². The van der Waals surface area contributed by atoms with Gasteiger partial charge in [0.15, 0.2) is 34.9 Å². The van der Waals surface area contributed by atoms with Crippen molar-refractivity contribution in [3.8, 4) is 0 Å². The molecule has 0 aromatic heterocycles. The highest BCUT2D eigenvalue weighted by atomic mass is 19.3. The maximum Gasteiger partial charge on any atom is 0.391 e. The Labute approximate surface area is 132 Å². The van der Waals surface area contributed by atoms with Crippen LogP contribution in [-0.2, 0) is 17.0 Å². The van der Waals surface area contributed by atoms with E-state index in [1.54, 1.807) is 0 Å². The van der Waals surface area contributed by atoms with E-state index in [1.807, 2.05) is 0 Å². The van der Waals surface area contributed by atoms with Gasteiger partial charge in [-0.25, -0.2) is 31.1 Å². The maximum absolute atomic E-state index is 13.7. The Kier molecular flexibility index (Phi) is 4.73. The fourth-order valence-corrected chi connectivity index (χ4v) is 1.77. The lowest BCUT2D eigenvalue weighted by molar-refractivity contribution is -0.393. The fourth-order valence-electron chi connectivity index (χ4n) is 1.77. The summed E-state index contributed by atoms with van der Waals surface area (Å²) in [5, 5.41) is 0. The van der Waals surface area contributed by atoms with Gasteiger partial charge in [-0.3, -0.25) is 0 Å². The van der Waals surface area contributed by atoms with Crippen molar-refractivity contribution in [2.75, 3.05) is 0 Å². The van der Waals surface area contributed by atoms with Gasteiger partial charge in [0.2, 0.25) is 0 Å². The molecule has 2 aromatic rings. The highest BCUT2D eigenvalue weighted by molar-refractivity contribution is 5.25. The molecule has 0 aliphatic rings. The molecule has 0 saturated heterocycles. The van der Waals surface area contributed by atoms with E-state index in [0.29, 0.717) is 0 Å². The molecule has 136 valence electrons. The van der Waals surface area contributed by atoms with Crippen LogP contribution in [0, 0.1) is 34.9 Å². The topological polar surface area (TPSA) is 9.23 Å². The average molecular weight is 378 g/mol. The predicted molar refractivity (Wildman–Crippen MR) is 61.5 cm³/mol. The molecule has 0 spiro atoms. The van der Waals surface area contributed by atoms with Crippen molar-refractivity contribution in [2.45, 2.75) is 12.2 Å². The van der Waals surface area contributed by atoms with Crippen LogP contribution in [0.1, 0.15) is 11.1 Å². The third kappa shape index (κ3) is 3.41. The Morgan fingerprint density at radius 2 is 0.840 bits per heavy atom. The van der Waals surface area contributed by atoms with Crippen LogP contribution in [0.2, 0.25) is 0 Å². The standard InChI is InChI=1S/C14H4F10O/c15-7-3-1-5(9(17)11(7)19)13(21,22)25-14(23,24)6-2-4-8(16)12(20)10(6)18/h1-4H. The van der Waals surface area contributed by atoms with E-state index in [-0.39, 0.29) is 24.3 Å². The van der Waals surface area contributed by atoms with E-state index >= 15 is 0 Å². The van der Waals surface area contributed by atoms with Gasteiger partial charge in [-0.15, -0.1) is 0 Å². The number of alkyl halides is 4. The zero-order chi connectivity index (χ0) is 19.2. The molecule has 0 saturated carbocycles. The summed E-state index contributed by atoms with van der Waals surface area (Å²) >= 11 is 0. The van der Waals surface area contributed by atoms with Crippen LogP contribution in [0.15, 0.2) is 24.3 Å². The van der Waals surface area contributed by atoms with Crippen LogP contribution in [0.4, 0.5) is 43.9 Å². The largest absolute Gasteiger partial charge is 0.391 e. The van der Waals surface area contributed by atoms with Gasteiger partial charge in [-0.05, 0) is 24.3 Å². The normalized spacial score (nSPS) is 12.6. The molecule has 0 aliphatic heterocycles. The molecule has 11 heteroatoms. The molecule has 2 aromatic carbocycles. The quantitative estimate of drug-likeness (QED) is 0.516. The molecule has 0 radical (unpaired) electrons. The molecule has 0 amide bonds. The summed E-state index contributed by atoms with van der Waals surface area (Å²) < 4.78 is 136. The number of ether oxygens (including phenoxy) is 1. The molecule has 0 fully saturated rings. The molecule has 0 bridgehead atoms. The molecule has 0 N–H and O–H groups in total. The van der Waals surface area contributed by atoms with Gasteiger partial charge in [-0.2, -0.15) is 17.6 Å². The minimum absolute atomic E-state index is 0.0152. The van der Waals surface area contributed by atoms with Crippen molar-refractivity contribution in [1.29, 1.82) is 0 Å². The molecule has 25 heavy (non-hydrogen) atoms. The number of benzene rings is 2. The minimum Gasteiger partial charge on any atom is -0.247 e. The molecule has 1 nitrogen and oxygen atoms in total. The summed E-state index contributed by atoms with van der Waals surface area (Å²) in [6.07, 6.45) is -10.6. The van der Waals surface area contributed by atoms with Crippen LogP contribution in [0.25, 0.3) is 0 Å².